The molecule has 0 saturated heterocycles. The average molecular weight is 358 g/mol. The topological polar surface area (TPSA) is 70.9 Å². The maximum atomic E-state index is 12.3. The Kier molecular flexibility index (Phi) is 6.87. The summed E-state index contributed by atoms with van der Waals surface area (Å²) in [5.41, 5.74) is 11.1. The molecule has 0 bridgehead atoms. The molecule has 1 unspecified atom stereocenters. The Morgan fingerprint density at radius 2 is 2.15 bits per heavy atom. The zero-order chi connectivity index (χ0) is 19.3. The monoisotopic (exact) mass is 357 g/mol. The summed E-state index contributed by atoms with van der Waals surface area (Å²) in [5.74, 6) is 0.615. The summed E-state index contributed by atoms with van der Waals surface area (Å²) in [4.78, 5) is 15.6. The van der Waals surface area contributed by atoms with E-state index in [2.05, 4.69) is 43.7 Å². The average Bonchev–Trinajstić information content (AvgIpc) is 2.93. The Bertz CT molecular complexity index is 676. The number of hydrogen-bond acceptors (Lipinski definition) is 2. The van der Waals surface area contributed by atoms with E-state index in [4.69, 9.17) is 5.73 Å². The Balaban J connectivity index is 2.11. The van der Waals surface area contributed by atoms with Crippen molar-refractivity contribution in [1.29, 1.82) is 0 Å². The predicted molar refractivity (Wildman–Crippen MR) is 110 cm³/mol. The first kappa shape index (κ1) is 20.5. The first-order chi connectivity index (χ1) is 12.2. The van der Waals surface area contributed by atoms with Crippen LogP contribution in [-0.4, -0.2) is 24.0 Å². The minimum absolute atomic E-state index is 0.0511. The lowest BCUT2D eigenvalue weighted by atomic mass is 9.69. The largest absolute Gasteiger partial charge is 0.351 e. The predicted octanol–water partition coefficient (Wildman–Crippen LogP) is 4.58. The number of allylic oxidation sites excluding steroid dienone is 2. The molecule has 0 radical (unpaired) electrons. The molecule has 0 spiro atoms. The third-order valence-corrected chi connectivity index (χ3v) is 5.47. The van der Waals surface area contributed by atoms with Crippen LogP contribution in [-0.2, 0) is 0 Å². The summed E-state index contributed by atoms with van der Waals surface area (Å²) < 4.78 is 0. The number of aryl methyl sites for hydroxylation is 1. The fraction of sp³-hybridized carbons (Fsp3) is 0.591. The first-order valence-electron chi connectivity index (χ1n) is 9.79. The van der Waals surface area contributed by atoms with Gasteiger partial charge in [-0.1, -0.05) is 32.9 Å². The number of unbranched alkanes of at least 4 members (excludes halogenated alkanes) is 1. The normalized spacial score (nSPS) is 19.8. The molecule has 4 N–H and O–H groups in total. The molecule has 1 heterocycles. The molecule has 4 nitrogen and oxygen atoms in total. The number of H-pyrrole nitrogens is 1. The SMILES string of the molecule is C=C1CCC(C(C)(C)C)C/C1=C/c1[nH]c(C(=O)NCCCCN)cc1C. The highest BCUT2D eigenvalue weighted by molar-refractivity contribution is 5.93. The van der Waals surface area contributed by atoms with E-state index >= 15 is 0 Å². The van der Waals surface area contributed by atoms with Gasteiger partial charge in [-0.25, -0.2) is 0 Å². The van der Waals surface area contributed by atoms with Gasteiger partial charge in [0.2, 0.25) is 0 Å². The molecule has 1 fully saturated rings. The molecular formula is C22H35N3O. The van der Waals surface area contributed by atoms with Crippen molar-refractivity contribution in [1.82, 2.24) is 10.3 Å². The first-order valence-corrected chi connectivity index (χ1v) is 9.79. The highest BCUT2D eigenvalue weighted by Gasteiger charge is 2.29. The second-order valence-electron chi connectivity index (χ2n) is 8.61. The molecule has 0 aromatic carbocycles. The molecule has 1 saturated carbocycles. The molecule has 26 heavy (non-hydrogen) atoms. The van der Waals surface area contributed by atoms with E-state index in [0.29, 0.717) is 30.1 Å². The molecule has 4 heteroatoms. The van der Waals surface area contributed by atoms with Gasteiger partial charge in [0.1, 0.15) is 5.69 Å². The summed E-state index contributed by atoms with van der Waals surface area (Å²) >= 11 is 0. The molecule has 144 valence electrons. The smallest absolute Gasteiger partial charge is 0.267 e. The van der Waals surface area contributed by atoms with Crippen molar-refractivity contribution in [3.63, 3.8) is 0 Å². The van der Waals surface area contributed by atoms with Gasteiger partial charge >= 0.3 is 0 Å². The van der Waals surface area contributed by atoms with Crippen molar-refractivity contribution in [3.8, 4) is 0 Å². The van der Waals surface area contributed by atoms with Crippen molar-refractivity contribution >= 4 is 12.0 Å². The van der Waals surface area contributed by atoms with Crippen LogP contribution in [0.5, 0.6) is 0 Å². The fourth-order valence-electron chi connectivity index (χ4n) is 3.51. The van der Waals surface area contributed by atoms with Crippen molar-refractivity contribution < 1.29 is 4.79 Å². The van der Waals surface area contributed by atoms with Crippen LogP contribution in [0.15, 0.2) is 23.8 Å². The van der Waals surface area contributed by atoms with E-state index in [0.717, 1.165) is 36.9 Å². The lowest BCUT2D eigenvalue weighted by molar-refractivity contribution is 0.0948. The zero-order valence-electron chi connectivity index (χ0n) is 16.9. The Hall–Kier alpha value is -1.81. The van der Waals surface area contributed by atoms with Crippen LogP contribution in [0.1, 0.15) is 74.6 Å². The summed E-state index contributed by atoms with van der Waals surface area (Å²) in [6.45, 7) is 14.6. The number of amides is 1. The standard InChI is InChI=1S/C22H35N3O/c1-15-8-9-18(22(3,4)5)13-17(15)14-19-16(2)12-20(25-19)21(26)24-11-7-6-10-23/h12,14,18,25H,1,6-11,13,23H2,2-5H3,(H,24,26)/b17-14-. The molecular weight excluding hydrogens is 322 g/mol. The molecule has 1 aliphatic carbocycles. The lowest BCUT2D eigenvalue weighted by Crippen LogP contribution is -2.25. The van der Waals surface area contributed by atoms with E-state index < -0.39 is 0 Å². The van der Waals surface area contributed by atoms with Gasteiger partial charge in [-0.2, -0.15) is 0 Å². The Labute approximate surface area is 158 Å². The molecule has 1 aliphatic rings. The summed E-state index contributed by atoms with van der Waals surface area (Å²) in [6, 6.07) is 1.93. The number of aromatic amines is 1. The van der Waals surface area contributed by atoms with Gasteiger partial charge in [0.05, 0.1) is 0 Å². The quantitative estimate of drug-likeness (QED) is 0.652. The molecule has 1 atom stereocenters. The number of carbonyl (C=O) groups is 1. The molecule has 0 aliphatic heterocycles. The van der Waals surface area contributed by atoms with Crippen molar-refractivity contribution in [3.05, 3.63) is 40.7 Å². The number of nitrogens with two attached hydrogens (primary N) is 1. The van der Waals surface area contributed by atoms with Crippen molar-refractivity contribution in [2.75, 3.05) is 13.1 Å². The summed E-state index contributed by atoms with van der Waals surface area (Å²) in [7, 11) is 0. The number of nitrogens with one attached hydrogen (secondary N) is 2. The lowest BCUT2D eigenvalue weighted by Gasteiger charge is -2.36. The van der Waals surface area contributed by atoms with Crippen LogP contribution >= 0.6 is 0 Å². The van der Waals surface area contributed by atoms with E-state index in [1.165, 1.54) is 17.6 Å². The van der Waals surface area contributed by atoms with Gasteiger partial charge in [0.15, 0.2) is 0 Å². The van der Waals surface area contributed by atoms with Crippen LogP contribution in [0.3, 0.4) is 0 Å². The van der Waals surface area contributed by atoms with Crippen LogP contribution in [0, 0.1) is 18.3 Å². The van der Waals surface area contributed by atoms with Crippen LogP contribution in [0.25, 0.3) is 6.08 Å². The fourth-order valence-corrected chi connectivity index (χ4v) is 3.51. The summed E-state index contributed by atoms with van der Waals surface area (Å²) in [5, 5.41) is 2.95. The van der Waals surface area contributed by atoms with Crippen LogP contribution in [0.2, 0.25) is 0 Å². The van der Waals surface area contributed by atoms with E-state index in [1.54, 1.807) is 0 Å². The van der Waals surface area contributed by atoms with Gasteiger partial charge in [-0.15, -0.1) is 0 Å². The molecule has 1 amide bonds. The minimum Gasteiger partial charge on any atom is -0.351 e. The number of hydrogen-bond donors (Lipinski definition) is 3. The Morgan fingerprint density at radius 1 is 1.42 bits per heavy atom. The van der Waals surface area contributed by atoms with E-state index in [1.807, 2.05) is 13.0 Å². The second kappa shape index (κ2) is 8.72. The number of aromatic nitrogens is 1. The third-order valence-electron chi connectivity index (χ3n) is 5.47. The minimum atomic E-state index is -0.0511. The second-order valence-corrected chi connectivity index (χ2v) is 8.61. The number of rotatable bonds is 6. The van der Waals surface area contributed by atoms with Gasteiger partial charge < -0.3 is 16.0 Å². The highest BCUT2D eigenvalue weighted by atomic mass is 16.1. The van der Waals surface area contributed by atoms with Crippen LogP contribution < -0.4 is 11.1 Å². The van der Waals surface area contributed by atoms with Gasteiger partial charge in [-0.05, 0) is 80.2 Å². The third kappa shape index (κ3) is 5.34. The Morgan fingerprint density at radius 3 is 2.81 bits per heavy atom. The number of carbonyl (C=O) groups excluding carboxylic acids is 1. The molecule has 2 rings (SSSR count). The van der Waals surface area contributed by atoms with E-state index in [-0.39, 0.29) is 5.91 Å². The maximum Gasteiger partial charge on any atom is 0.267 e. The highest BCUT2D eigenvalue weighted by Crippen LogP contribution is 2.42. The van der Waals surface area contributed by atoms with Crippen LogP contribution in [0.4, 0.5) is 0 Å². The van der Waals surface area contributed by atoms with Crippen molar-refractivity contribution in [2.24, 2.45) is 17.1 Å². The summed E-state index contributed by atoms with van der Waals surface area (Å²) in [6.07, 6.45) is 7.36. The van der Waals surface area contributed by atoms with Gasteiger partial charge in [0.25, 0.3) is 5.91 Å². The van der Waals surface area contributed by atoms with Gasteiger partial charge in [-0.3, -0.25) is 4.79 Å². The zero-order valence-corrected chi connectivity index (χ0v) is 16.9. The van der Waals surface area contributed by atoms with E-state index in [9.17, 15) is 4.79 Å². The van der Waals surface area contributed by atoms with Gasteiger partial charge in [0, 0.05) is 12.2 Å². The van der Waals surface area contributed by atoms with Crippen molar-refractivity contribution in [2.45, 2.75) is 59.8 Å². The molecule has 1 aromatic heterocycles. The molecule has 1 aromatic rings. The maximum absolute atomic E-state index is 12.3.